The Bertz CT molecular complexity index is 473. The highest BCUT2D eigenvalue weighted by molar-refractivity contribution is 5.95. The van der Waals surface area contributed by atoms with Crippen molar-refractivity contribution in [3.05, 3.63) is 23.8 Å². The number of hydrogen-bond donors (Lipinski definition) is 1. The molecule has 0 aliphatic rings. The molecule has 1 N–H and O–H groups in total. The van der Waals surface area contributed by atoms with E-state index in [-0.39, 0.29) is 5.91 Å². The monoisotopic (exact) mass is 292 g/mol. The van der Waals surface area contributed by atoms with Gasteiger partial charge in [0.25, 0.3) is 5.91 Å². The number of carbonyl (C=O) groups excluding carboxylic acids is 1. The van der Waals surface area contributed by atoms with E-state index in [0.29, 0.717) is 17.1 Å². The van der Waals surface area contributed by atoms with Crippen molar-refractivity contribution >= 4 is 12.1 Å². The number of benzene rings is 1. The average Bonchev–Trinajstić information content (AvgIpc) is 2.53. The number of hydrogen-bond acceptors (Lipinski definition) is 4. The summed E-state index contributed by atoms with van der Waals surface area (Å²) in [6.45, 7) is 2.18. The fourth-order valence-electron chi connectivity index (χ4n) is 1.87. The maximum absolute atomic E-state index is 11.9. The molecule has 116 valence electrons. The Morgan fingerprint density at radius 2 is 1.95 bits per heavy atom. The first kappa shape index (κ1) is 17.0. The van der Waals surface area contributed by atoms with Crippen LogP contribution in [0.3, 0.4) is 0 Å². The van der Waals surface area contributed by atoms with Crippen LogP contribution in [0.4, 0.5) is 0 Å². The predicted molar refractivity (Wildman–Crippen MR) is 84.3 cm³/mol. The van der Waals surface area contributed by atoms with Crippen LogP contribution in [0.2, 0.25) is 0 Å². The van der Waals surface area contributed by atoms with Crippen molar-refractivity contribution in [1.29, 1.82) is 0 Å². The van der Waals surface area contributed by atoms with E-state index in [2.05, 4.69) is 17.5 Å². The first-order valence-electron chi connectivity index (χ1n) is 7.26. The summed E-state index contributed by atoms with van der Waals surface area (Å²) in [6, 6.07) is 5.00. The molecular weight excluding hydrogens is 268 g/mol. The van der Waals surface area contributed by atoms with Crippen LogP contribution in [0.1, 0.15) is 49.4 Å². The van der Waals surface area contributed by atoms with E-state index in [1.165, 1.54) is 26.4 Å². The molecule has 5 heteroatoms. The van der Waals surface area contributed by atoms with E-state index in [1.54, 1.807) is 31.5 Å². The minimum Gasteiger partial charge on any atom is -0.493 e. The SMILES string of the molecule is CCCCCCC=NNC(=O)c1ccc(OC)c(OC)c1. The third kappa shape index (κ3) is 5.85. The second kappa shape index (κ2) is 9.80. The fraction of sp³-hybridized carbons (Fsp3) is 0.500. The van der Waals surface area contributed by atoms with Gasteiger partial charge in [0.05, 0.1) is 14.2 Å². The summed E-state index contributed by atoms with van der Waals surface area (Å²) in [5.74, 6) is 0.850. The third-order valence-corrected chi connectivity index (χ3v) is 3.09. The molecule has 0 atom stereocenters. The van der Waals surface area contributed by atoms with Crippen molar-refractivity contribution < 1.29 is 14.3 Å². The van der Waals surface area contributed by atoms with Gasteiger partial charge >= 0.3 is 0 Å². The molecule has 5 nitrogen and oxygen atoms in total. The van der Waals surface area contributed by atoms with Crippen LogP contribution < -0.4 is 14.9 Å². The van der Waals surface area contributed by atoms with E-state index in [9.17, 15) is 4.79 Å². The molecule has 0 aliphatic heterocycles. The molecule has 1 rings (SSSR count). The molecule has 21 heavy (non-hydrogen) atoms. The highest BCUT2D eigenvalue weighted by Gasteiger charge is 2.09. The minimum atomic E-state index is -0.263. The van der Waals surface area contributed by atoms with E-state index >= 15 is 0 Å². The zero-order chi connectivity index (χ0) is 15.5. The summed E-state index contributed by atoms with van der Waals surface area (Å²) in [5, 5.41) is 3.95. The molecule has 0 unspecified atom stereocenters. The summed E-state index contributed by atoms with van der Waals surface area (Å²) in [7, 11) is 3.09. The molecule has 1 aromatic carbocycles. The first-order chi connectivity index (χ1) is 10.2. The van der Waals surface area contributed by atoms with E-state index in [0.717, 1.165) is 12.8 Å². The van der Waals surface area contributed by atoms with Crippen LogP contribution in [0.15, 0.2) is 23.3 Å². The van der Waals surface area contributed by atoms with Crippen molar-refractivity contribution in [2.45, 2.75) is 39.0 Å². The predicted octanol–water partition coefficient (Wildman–Crippen LogP) is 3.39. The van der Waals surface area contributed by atoms with Gasteiger partial charge in [-0.3, -0.25) is 4.79 Å². The Kier molecular flexibility index (Phi) is 7.94. The normalized spacial score (nSPS) is 10.6. The Morgan fingerprint density at radius 3 is 2.62 bits per heavy atom. The van der Waals surface area contributed by atoms with Crippen LogP contribution in [-0.4, -0.2) is 26.3 Å². The third-order valence-electron chi connectivity index (χ3n) is 3.09. The number of rotatable bonds is 9. The van der Waals surface area contributed by atoms with Crippen LogP contribution in [0.5, 0.6) is 11.5 Å². The number of nitrogens with zero attached hydrogens (tertiary/aromatic N) is 1. The summed E-state index contributed by atoms with van der Waals surface area (Å²) in [5.41, 5.74) is 2.99. The van der Waals surface area contributed by atoms with Crippen molar-refractivity contribution in [3.8, 4) is 11.5 Å². The Balaban J connectivity index is 2.46. The number of unbranched alkanes of at least 4 members (excludes halogenated alkanes) is 4. The molecule has 0 saturated carbocycles. The van der Waals surface area contributed by atoms with Crippen molar-refractivity contribution in [2.75, 3.05) is 14.2 Å². The van der Waals surface area contributed by atoms with Gasteiger partial charge in [0.2, 0.25) is 0 Å². The van der Waals surface area contributed by atoms with Crippen LogP contribution in [-0.2, 0) is 0 Å². The Labute approximate surface area is 126 Å². The molecule has 0 saturated heterocycles. The number of nitrogens with one attached hydrogen (secondary N) is 1. The summed E-state index contributed by atoms with van der Waals surface area (Å²) < 4.78 is 10.3. The van der Waals surface area contributed by atoms with Gasteiger partial charge in [0, 0.05) is 11.8 Å². The van der Waals surface area contributed by atoms with E-state index in [1.807, 2.05) is 0 Å². The molecule has 0 radical (unpaired) electrons. The van der Waals surface area contributed by atoms with E-state index < -0.39 is 0 Å². The fourth-order valence-corrected chi connectivity index (χ4v) is 1.87. The number of amides is 1. The molecule has 0 aromatic heterocycles. The average molecular weight is 292 g/mol. The number of methoxy groups -OCH3 is 2. The smallest absolute Gasteiger partial charge is 0.271 e. The number of hydrazone groups is 1. The lowest BCUT2D eigenvalue weighted by Crippen LogP contribution is -2.17. The minimum absolute atomic E-state index is 0.263. The second-order valence-electron chi connectivity index (χ2n) is 4.67. The number of ether oxygens (including phenoxy) is 2. The van der Waals surface area contributed by atoms with Crippen LogP contribution >= 0.6 is 0 Å². The summed E-state index contributed by atoms with van der Waals surface area (Å²) in [4.78, 5) is 11.9. The molecule has 0 spiro atoms. The topological polar surface area (TPSA) is 59.9 Å². The molecule has 1 aromatic rings. The first-order valence-corrected chi connectivity index (χ1v) is 7.26. The Hall–Kier alpha value is -2.04. The zero-order valence-corrected chi connectivity index (χ0v) is 13.0. The lowest BCUT2D eigenvalue weighted by molar-refractivity contribution is 0.0954. The van der Waals surface area contributed by atoms with Crippen molar-refractivity contribution in [2.24, 2.45) is 5.10 Å². The number of carbonyl (C=O) groups is 1. The van der Waals surface area contributed by atoms with Gasteiger partial charge in [0.15, 0.2) is 11.5 Å². The lowest BCUT2D eigenvalue weighted by Gasteiger charge is -2.08. The largest absolute Gasteiger partial charge is 0.493 e. The lowest BCUT2D eigenvalue weighted by atomic mass is 10.2. The summed E-state index contributed by atoms with van der Waals surface area (Å²) in [6.07, 6.45) is 7.38. The highest BCUT2D eigenvalue weighted by Crippen LogP contribution is 2.27. The van der Waals surface area contributed by atoms with Gasteiger partial charge < -0.3 is 9.47 Å². The van der Waals surface area contributed by atoms with Crippen molar-refractivity contribution in [1.82, 2.24) is 5.43 Å². The molecule has 0 aliphatic carbocycles. The maximum Gasteiger partial charge on any atom is 0.271 e. The molecule has 0 fully saturated rings. The van der Waals surface area contributed by atoms with Gasteiger partial charge in [-0.2, -0.15) is 5.10 Å². The Morgan fingerprint density at radius 1 is 1.19 bits per heavy atom. The second-order valence-corrected chi connectivity index (χ2v) is 4.67. The van der Waals surface area contributed by atoms with Gasteiger partial charge in [-0.15, -0.1) is 0 Å². The van der Waals surface area contributed by atoms with Gasteiger partial charge in [-0.25, -0.2) is 5.43 Å². The van der Waals surface area contributed by atoms with Crippen LogP contribution in [0, 0.1) is 0 Å². The standard InChI is InChI=1S/C16H24N2O3/c1-4-5-6-7-8-11-17-18-16(19)13-9-10-14(20-2)15(12-13)21-3/h9-12H,4-8H2,1-3H3,(H,18,19). The molecule has 0 bridgehead atoms. The van der Waals surface area contributed by atoms with Crippen molar-refractivity contribution in [3.63, 3.8) is 0 Å². The molecule has 0 heterocycles. The quantitative estimate of drug-likeness (QED) is 0.431. The highest BCUT2D eigenvalue weighted by atomic mass is 16.5. The van der Waals surface area contributed by atoms with Gasteiger partial charge in [0.1, 0.15) is 0 Å². The van der Waals surface area contributed by atoms with Gasteiger partial charge in [-0.05, 0) is 31.0 Å². The summed E-state index contributed by atoms with van der Waals surface area (Å²) >= 11 is 0. The zero-order valence-electron chi connectivity index (χ0n) is 13.0. The maximum atomic E-state index is 11.9. The van der Waals surface area contributed by atoms with Gasteiger partial charge in [-0.1, -0.05) is 26.2 Å². The molecule has 1 amide bonds. The molecular formula is C16H24N2O3. The van der Waals surface area contributed by atoms with Crippen LogP contribution in [0.25, 0.3) is 0 Å². The van der Waals surface area contributed by atoms with E-state index in [4.69, 9.17) is 9.47 Å².